The summed E-state index contributed by atoms with van der Waals surface area (Å²) >= 11 is 5.89. The van der Waals surface area contributed by atoms with E-state index in [2.05, 4.69) is 0 Å². The van der Waals surface area contributed by atoms with Gasteiger partial charge in [0, 0.05) is 11.4 Å². The van der Waals surface area contributed by atoms with Crippen molar-refractivity contribution in [1.82, 2.24) is 0 Å². The Bertz CT molecular complexity index is 573. The van der Waals surface area contributed by atoms with Gasteiger partial charge in [0.2, 0.25) is 0 Å². The molecule has 5 nitrogen and oxygen atoms in total. The minimum atomic E-state index is -0.775. The molecule has 1 aromatic rings. The van der Waals surface area contributed by atoms with E-state index in [4.69, 9.17) is 21.4 Å². The van der Waals surface area contributed by atoms with Crippen LogP contribution >= 0.6 is 11.6 Å². The highest BCUT2D eigenvalue weighted by Crippen LogP contribution is 2.20. The summed E-state index contributed by atoms with van der Waals surface area (Å²) in [5, 5.41) is 29.2. The predicted molar refractivity (Wildman–Crippen MR) is 107 cm³/mol. The van der Waals surface area contributed by atoms with Gasteiger partial charge in [-0.05, 0) is 63.1 Å². The summed E-state index contributed by atoms with van der Waals surface area (Å²) < 4.78 is 5.54. The van der Waals surface area contributed by atoms with Crippen molar-refractivity contribution < 1.29 is 24.9 Å². The fraction of sp³-hybridized carbons (Fsp3) is 0.571. The molecule has 3 N–H and O–H groups in total. The number of ether oxygens (including phenoxy) is 1. The van der Waals surface area contributed by atoms with E-state index in [1.807, 2.05) is 12.2 Å². The molecule has 0 bridgehead atoms. The lowest BCUT2D eigenvalue weighted by Crippen LogP contribution is -2.20. The maximum atomic E-state index is 10.5. The van der Waals surface area contributed by atoms with Crippen LogP contribution in [0.2, 0.25) is 5.02 Å². The molecule has 0 aromatic heterocycles. The molecule has 0 aliphatic heterocycles. The predicted octanol–water partition coefficient (Wildman–Crippen LogP) is 4.45. The molecule has 0 aliphatic carbocycles. The van der Waals surface area contributed by atoms with Gasteiger partial charge in [-0.15, -0.1) is 0 Å². The zero-order chi connectivity index (χ0) is 20.1. The molecule has 1 rings (SSSR count). The second kappa shape index (κ2) is 13.6. The highest BCUT2D eigenvalue weighted by Gasteiger charge is 2.14. The SMILES string of the molecule is CC(O)C(C/C=C\CCCC(=O)O)CCCC(O)COc1cccc(Cl)c1. The van der Waals surface area contributed by atoms with E-state index >= 15 is 0 Å². The number of halogens is 1. The zero-order valence-corrected chi connectivity index (χ0v) is 16.6. The number of allylic oxidation sites excluding steroid dienone is 2. The number of benzene rings is 1. The first-order chi connectivity index (χ1) is 12.9. The number of hydrogen-bond acceptors (Lipinski definition) is 4. The van der Waals surface area contributed by atoms with Crippen LogP contribution in [0.15, 0.2) is 36.4 Å². The van der Waals surface area contributed by atoms with E-state index in [1.165, 1.54) is 0 Å². The van der Waals surface area contributed by atoms with Crippen LogP contribution in [0.1, 0.15) is 51.9 Å². The van der Waals surface area contributed by atoms with Crippen LogP contribution in [0, 0.1) is 5.92 Å². The van der Waals surface area contributed by atoms with Crippen LogP contribution in [-0.4, -0.2) is 40.1 Å². The molecule has 0 aliphatic rings. The van der Waals surface area contributed by atoms with Crippen LogP contribution in [0.5, 0.6) is 5.75 Å². The second-order valence-electron chi connectivity index (χ2n) is 6.85. The average molecular weight is 399 g/mol. The maximum Gasteiger partial charge on any atom is 0.303 e. The molecule has 1 aromatic carbocycles. The number of carboxylic acid groups (broad SMARTS) is 1. The van der Waals surface area contributed by atoms with Gasteiger partial charge < -0.3 is 20.1 Å². The number of aliphatic carboxylic acids is 1. The van der Waals surface area contributed by atoms with Gasteiger partial charge in [0.05, 0.1) is 12.2 Å². The van der Waals surface area contributed by atoms with Crippen LogP contribution in [0.3, 0.4) is 0 Å². The summed E-state index contributed by atoms with van der Waals surface area (Å²) in [6.45, 7) is 1.99. The molecule has 0 spiro atoms. The van der Waals surface area contributed by atoms with Gasteiger partial charge in [0.15, 0.2) is 0 Å². The van der Waals surface area contributed by atoms with Gasteiger partial charge in [0.1, 0.15) is 12.4 Å². The summed E-state index contributed by atoms with van der Waals surface area (Å²) in [6, 6.07) is 7.07. The van der Waals surface area contributed by atoms with Crippen molar-refractivity contribution in [2.24, 2.45) is 5.92 Å². The van der Waals surface area contributed by atoms with Gasteiger partial charge >= 0.3 is 5.97 Å². The van der Waals surface area contributed by atoms with Gasteiger partial charge in [-0.25, -0.2) is 0 Å². The van der Waals surface area contributed by atoms with Gasteiger partial charge in [-0.3, -0.25) is 4.79 Å². The standard InChI is InChI=1S/C21H31ClO5/c1-16(23)17(8-4-2-3-5-13-21(25)26)9-6-11-19(24)15-27-20-12-7-10-18(22)14-20/h2,4,7,10,12,14,16-17,19,23-24H,3,5-6,8-9,11,13,15H2,1H3,(H,25,26)/b4-2-. The lowest BCUT2D eigenvalue weighted by molar-refractivity contribution is -0.137. The number of hydrogen-bond donors (Lipinski definition) is 3. The number of rotatable bonds is 14. The molecule has 0 radical (unpaired) electrons. The third-order valence-corrected chi connectivity index (χ3v) is 4.63. The Labute approximate surface area is 166 Å². The summed E-state index contributed by atoms with van der Waals surface area (Å²) in [5.74, 6) is -0.0126. The lowest BCUT2D eigenvalue weighted by Gasteiger charge is -2.19. The molecule has 0 heterocycles. The van der Waals surface area contributed by atoms with Gasteiger partial charge in [-0.2, -0.15) is 0 Å². The van der Waals surface area contributed by atoms with Crippen LogP contribution < -0.4 is 4.74 Å². The highest BCUT2D eigenvalue weighted by atomic mass is 35.5. The highest BCUT2D eigenvalue weighted by molar-refractivity contribution is 6.30. The largest absolute Gasteiger partial charge is 0.491 e. The van der Waals surface area contributed by atoms with Crippen molar-refractivity contribution in [3.05, 3.63) is 41.4 Å². The van der Waals surface area contributed by atoms with E-state index in [0.29, 0.717) is 23.6 Å². The molecule has 27 heavy (non-hydrogen) atoms. The molecular formula is C21H31ClO5. The monoisotopic (exact) mass is 398 g/mol. The number of aliphatic hydroxyl groups excluding tert-OH is 2. The van der Waals surface area contributed by atoms with Crippen molar-refractivity contribution in [1.29, 1.82) is 0 Å². The molecule has 0 saturated carbocycles. The molecule has 3 atom stereocenters. The average Bonchev–Trinajstić information content (AvgIpc) is 2.60. The van der Waals surface area contributed by atoms with E-state index in [-0.39, 0.29) is 18.9 Å². The Morgan fingerprint density at radius 2 is 2.00 bits per heavy atom. The summed E-state index contributed by atoms with van der Waals surface area (Å²) in [7, 11) is 0. The number of aliphatic hydroxyl groups is 2. The Balaban J connectivity index is 2.23. The van der Waals surface area contributed by atoms with Gasteiger partial charge in [0.25, 0.3) is 0 Å². The van der Waals surface area contributed by atoms with E-state index in [0.717, 1.165) is 25.7 Å². The van der Waals surface area contributed by atoms with Crippen LogP contribution in [0.4, 0.5) is 0 Å². The normalized spacial score (nSPS) is 14.8. The Hall–Kier alpha value is -1.56. The van der Waals surface area contributed by atoms with Crippen LogP contribution in [0.25, 0.3) is 0 Å². The molecule has 6 heteroatoms. The summed E-state index contributed by atoms with van der Waals surface area (Å²) in [5.41, 5.74) is 0. The Morgan fingerprint density at radius 3 is 2.67 bits per heavy atom. The van der Waals surface area contributed by atoms with E-state index in [1.54, 1.807) is 31.2 Å². The van der Waals surface area contributed by atoms with E-state index < -0.39 is 18.2 Å². The smallest absolute Gasteiger partial charge is 0.303 e. The van der Waals surface area contributed by atoms with Crippen LogP contribution in [-0.2, 0) is 4.79 Å². The quantitative estimate of drug-likeness (QED) is 0.318. The molecule has 0 fully saturated rings. The molecule has 0 amide bonds. The third kappa shape index (κ3) is 11.7. The Morgan fingerprint density at radius 1 is 1.22 bits per heavy atom. The number of unbranched alkanes of at least 4 members (excludes halogenated alkanes) is 1. The summed E-state index contributed by atoms with van der Waals surface area (Å²) in [6.07, 6.45) is 7.50. The number of carboxylic acids is 1. The maximum absolute atomic E-state index is 10.5. The molecule has 0 saturated heterocycles. The van der Waals surface area contributed by atoms with Crippen molar-refractivity contribution in [2.75, 3.05) is 6.61 Å². The third-order valence-electron chi connectivity index (χ3n) is 4.40. The summed E-state index contributed by atoms with van der Waals surface area (Å²) in [4.78, 5) is 10.5. The minimum Gasteiger partial charge on any atom is -0.491 e. The second-order valence-corrected chi connectivity index (χ2v) is 7.28. The van der Waals surface area contributed by atoms with E-state index in [9.17, 15) is 15.0 Å². The van der Waals surface area contributed by atoms with Crippen molar-refractivity contribution in [3.8, 4) is 5.75 Å². The molecule has 152 valence electrons. The fourth-order valence-corrected chi connectivity index (χ4v) is 2.94. The molecular weight excluding hydrogens is 368 g/mol. The van der Waals surface area contributed by atoms with Crippen molar-refractivity contribution in [3.63, 3.8) is 0 Å². The fourth-order valence-electron chi connectivity index (χ4n) is 2.76. The van der Waals surface area contributed by atoms with Gasteiger partial charge in [-0.1, -0.05) is 36.2 Å². The lowest BCUT2D eigenvalue weighted by atomic mass is 9.92. The first-order valence-corrected chi connectivity index (χ1v) is 9.87. The number of carbonyl (C=O) groups is 1. The van der Waals surface area contributed by atoms with Crippen molar-refractivity contribution in [2.45, 2.75) is 64.1 Å². The molecule has 3 unspecified atom stereocenters. The topological polar surface area (TPSA) is 87.0 Å². The first kappa shape index (κ1) is 23.5. The van der Waals surface area contributed by atoms with Crippen molar-refractivity contribution >= 4 is 17.6 Å². The first-order valence-electron chi connectivity index (χ1n) is 9.49. The zero-order valence-electron chi connectivity index (χ0n) is 15.9. The Kier molecular flexibility index (Phi) is 11.8. The minimum absolute atomic E-state index is 0.127.